The Morgan fingerprint density at radius 2 is 1.79 bits per heavy atom. The first-order valence-electron chi connectivity index (χ1n) is 9.76. The highest BCUT2D eigenvalue weighted by molar-refractivity contribution is 5.94. The SMILES string of the molecule is CCOC(=O)c1cn(CC(NCc2ccccc2)C(F)(F)F)c2c(F)c(F)c(F)cc2c1=O. The minimum atomic E-state index is -4.84. The number of pyridine rings is 1. The van der Waals surface area contributed by atoms with E-state index in [0.29, 0.717) is 22.4 Å². The molecule has 0 aliphatic heterocycles. The van der Waals surface area contributed by atoms with Crippen LogP contribution in [0.3, 0.4) is 0 Å². The molecule has 0 aliphatic carbocycles. The second-order valence-electron chi connectivity index (χ2n) is 7.09. The van der Waals surface area contributed by atoms with Crippen molar-refractivity contribution in [1.82, 2.24) is 9.88 Å². The number of carbonyl (C=O) groups excluding carboxylic acids is 1. The molecular formula is C22H18F6N2O3. The lowest BCUT2D eigenvalue weighted by molar-refractivity contribution is -0.159. The number of rotatable bonds is 7. The van der Waals surface area contributed by atoms with Gasteiger partial charge in [0.05, 0.1) is 17.5 Å². The van der Waals surface area contributed by atoms with Crippen LogP contribution in [0.2, 0.25) is 0 Å². The number of halogens is 6. The third kappa shape index (κ3) is 5.19. The molecule has 0 saturated heterocycles. The predicted octanol–water partition coefficient (Wildman–Crippen LogP) is 4.32. The van der Waals surface area contributed by atoms with Crippen LogP contribution in [0.5, 0.6) is 0 Å². The highest BCUT2D eigenvalue weighted by Gasteiger charge is 2.40. The number of aromatic nitrogens is 1. The standard InChI is InChI=1S/C22H18F6N2O3/c1-2-33-21(32)14-10-30(19-13(20(14)31)8-15(23)17(24)18(19)25)11-16(22(26,27)28)29-9-12-6-4-3-5-7-12/h3-8,10,16,29H,2,9,11H2,1H3. The fourth-order valence-electron chi connectivity index (χ4n) is 3.28. The summed E-state index contributed by atoms with van der Waals surface area (Å²) in [6.45, 7) is 0.0203. The van der Waals surface area contributed by atoms with Crippen LogP contribution in [0.15, 0.2) is 47.4 Å². The largest absolute Gasteiger partial charge is 0.462 e. The Hall–Kier alpha value is -3.34. The summed E-state index contributed by atoms with van der Waals surface area (Å²) < 4.78 is 88.8. The van der Waals surface area contributed by atoms with Crippen LogP contribution in [-0.4, -0.2) is 29.4 Å². The van der Waals surface area contributed by atoms with Crippen LogP contribution in [0.25, 0.3) is 10.9 Å². The first kappa shape index (κ1) is 24.3. The summed E-state index contributed by atoms with van der Waals surface area (Å²) in [7, 11) is 0. The first-order chi connectivity index (χ1) is 15.5. The summed E-state index contributed by atoms with van der Waals surface area (Å²) in [4.78, 5) is 24.8. The van der Waals surface area contributed by atoms with Gasteiger partial charge in [-0.1, -0.05) is 30.3 Å². The van der Waals surface area contributed by atoms with Crippen molar-refractivity contribution >= 4 is 16.9 Å². The highest BCUT2D eigenvalue weighted by atomic mass is 19.4. The zero-order chi connectivity index (χ0) is 24.3. The fraction of sp³-hybridized carbons (Fsp3) is 0.273. The van der Waals surface area contributed by atoms with Crippen molar-refractivity contribution in [2.45, 2.75) is 32.2 Å². The van der Waals surface area contributed by atoms with E-state index in [1.807, 2.05) is 0 Å². The van der Waals surface area contributed by atoms with Gasteiger partial charge in [-0.2, -0.15) is 13.2 Å². The zero-order valence-electron chi connectivity index (χ0n) is 17.2. The monoisotopic (exact) mass is 472 g/mol. The summed E-state index contributed by atoms with van der Waals surface area (Å²) >= 11 is 0. The smallest absolute Gasteiger partial charge is 0.405 e. The van der Waals surface area contributed by atoms with Crippen LogP contribution in [0, 0.1) is 17.5 Å². The molecule has 1 atom stereocenters. The topological polar surface area (TPSA) is 60.3 Å². The second kappa shape index (κ2) is 9.65. The highest BCUT2D eigenvalue weighted by Crippen LogP contribution is 2.26. The molecular weight excluding hydrogens is 454 g/mol. The number of nitrogens with one attached hydrogen (secondary N) is 1. The molecule has 1 heterocycles. The molecule has 33 heavy (non-hydrogen) atoms. The van der Waals surface area contributed by atoms with Gasteiger partial charge in [-0.3, -0.25) is 4.79 Å². The molecule has 11 heteroatoms. The Labute approximate surface area is 183 Å². The van der Waals surface area contributed by atoms with Gasteiger partial charge in [0.1, 0.15) is 11.6 Å². The summed E-state index contributed by atoms with van der Waals surface area (Å²) in [5, 5.41) is 1.50. The van der Waals surface area contributed by atoms with E-state index in [-0.39, 0.29) is 13.2 Å². The first-order valence-corrected chi connectivity index (χ1v) is 9.76. The van der Waals surface area contributed by atoms with Gasteiger partial charge in [0, 0.05) is 19.3 Å². The van der Waals surface area contributed by atoms with Gasteiger partial charge in [-0.25, -0.2) is 18.0 Å². The minimum Gasteiger partial charge on any atom is -0.462 e. The van der Waals surface area contributed by atoms with Crippen molar-refractivity contribution in [3.8, 4) is 0 Å². The van der Waals surface area contributed by atoms with E-state index in [2.05, 4.69) is 5.32 Å². The summed E-state index contributed by atoms with van der Waals surface area (Å²) in [6.07, 6.45) is -4.19. The molecule has 0 bridgehead atoms. The average molecular weight is 472 g/mol. The summed E-state index contributed by atoms with van der Waals surface area (Å²) in [5.74, 6) is -6.72. The van der Waals surface area contributed by atoms with Gasteiger partial charge < -0.3 is 14.6 Å². The molecule has 1 unspecified atom stereocenters. The van der Waals surface area contributed by atoms with Gasteiger partial charge in [0.15, 0.2) is 17.5 Å². The van der Waals surface area contributed by atoms with E-state index < -0.39 is 64.1 Å². The maximum absolute atomic E-state index is 14.6. The van der Waals surface area contributed by atoms with Gasteiger partial charge in [0.2, 0.25) is 5.43 Å². The lowest BCUT2D eigenvalue weighted by Gasteiger charge is -2.24. The lowest BCUT2D eigenvalue weighted by Crippen LogP contribution is -2.45. The summed E-state index contributed by atoms with van der Waals surface area (Å²) in [5.41, 5.74) is -2.30. The molecule has 176 valence electrons. The van der Waals surface area contributed by atoms with Crippen molar-refractivity contribution in [3.05, 3.63) is 81.4 Å². The van der Waals surface area contributed by atoms with Gasteiger partial charge >= 0.3 is 12.1 Å². The van der Waals surface area contributed by atoms with Crippen molar-refractivity contribution < 1.29 is 35.9 Å². The molecule has 0 fully saturated rings. The van der Waals surface area contributed by atoms with Crippen molar-refractivity contribution in [2.75, 3.05) is 6.61 Å². The molecule has 0 amide bonds. The quantitative estimate of drug-likeness (QED) is 0.316. The van der Waals surface area contributed by atoms with Crippen LogP contribution >= 0.6 is 0 Å². The van der Waals surface area contributed by atoms with E-state index in [1.54, 1.807) is 30.3 Å². The normalized spacial score (nSPS) is 12.7. The molecule has 1 N–H and O–H groups in total. The van der Waals surface area contributed by atoms with E-state index in [9.17, 15) is 35.9 Å². The van der Waals surface area contributed by atoms with Crippen molar-refractivity contribution in [3.63, 3.8) is 0 Å². The molecule has 0 aliphatic rings. The van der Waals surface area contributed by atoms with Gasteiger partial charge in [0.25, 0.3) is 0 Å². The Morgan fingerprint density at radius 1 is 1.12 bits per heavy atom. The third-order valence-electron chi connectivity index (χ3n) is 4.86. The maximum atomic E-state index is 14.6. The number of nitrogens with zero attached hydrogens (tertiary/aromatic N) is 1. The number of ether oxygens (including phenoxy) is 1. The number of carbonyl (C=O) groups is 1. The van der Waals surface area contributed by atoms with E-state index in [0.717, 1.165) is 0 Å². The van der Waals surface area contributed by atoms with Crippen LogP contribution in [0.4, 0.5) is 26.3 Å². The number of hydrogen-bond donors (Lipinski definition) is 1. The van der Waals surface area contributed by atoms with Crippen LogP contribution in [-0.2, 0) is 17.8 Å². The lowest BCUT2D eigenvalue weighted by atomic mass is 10.1. The number of esters is 1. The number of fused-ring (bicyclic) bond motifs is 1. The van der Waals surface area contributed by atoms with Crippen molar-refractivity contribution in [2.24, 2.45) is 0 Å². The molecule has 0 spiro atoms. The zero-order valence-corrected chi connectivity index (χ0v) is 17.2. The van der Waals surface area contributed by atoms with E-state index >= 15 is 0 Å². The third-order valence-corrected chi connectivity index (χ3v) is 4.86. The molecule has 1 aromatic heterocycles. The minimum absolute atomic E-state index is 0.160. The van der Waals surface area contributed by atoms with Crippen LogP contribution < -0.4 is 10.7 Å². The Bertz CT molecular complexity index is 1230. The van der Waals surface area contributed by atoms with Crippen LogP contribution in [0.1, 0.15) is 22.8 Å². The predicted molar refractivity (Wildman–Crippen MR) is 107 cm³/mol. The Morgan fingerprint density at radius 3 is 2.39 bits per heavy atom. The van der Waals surface area contributed by atoms with Gasteiger partial charge in [-0.05, 0) is 18.6 Å². The summed E-state index contributed by atoms with van der Waals surface area (Å²) in [6, 6.07) is 6.18. The number of alkyl halides is 3. The molecule has 3 rings (SSSR count). The Balaban J connectivity index is 2.13. The molecule has 0 radical (unpaired) electrons. The van der Waals surface area contributed by atoms with E-state index in [4.69, 9.17) is 4.74 Å². The number of hydrogen-bond acceptors (Lipinski definition) is 4. The maximum Gasteiger partial charge on any atom is 0.405 e. The average Bonchev–Trinajstić information content (AvgIpc) is 2.76. The molecule has 5 nitrogen and oxygen atoms in total. The molecule has 2 aromatic carbocycles. The van der Waals surface area contributed by atoms with E-state index in [1.165, 1.54) is 6.92 Å². The second-order valence-corrected chi connectivity index (χ2v) is 7.09. The van der Waals surface area contributed by atoms with Gasteiger partial charge in [-0.15, -0.1) is 0 Å². The Kier molecular flexibility index (Phi) is 7.11. The molecule has 0 saturated carbocycles. The fourth-order valence-corrected chi connectivity index (χ4v) is 3.28. The number of benzene rings is 2. The van der Waals surface area contributed by atoms with Crippen molar-refractivity contribution in [1.29, 1.82) is 0 Å². The molecule has 3 aromatic rings.